The van der Waals surface area contributed by atoms with Crippen LogP contribution in [0.3, 0.4) is 0 Å². The van der Waals surface area contributed by atoms with Crippen molar-refractivity contribution in [3.05, 3.63) is 42.0 Å². The molecule has 0 aliphatic carbocycles. The molecular weight excluding hydrogens is 353 g/mol. The van der Waals surface area contributed by atoms with Crippen molar-refractivity contribution in [2.45, 2.75) is 33.0 Å². The van der Waals surface area contributed by atoms with E-state index < -0.39 is 41.0 Å². The number of anilines is 1. The average Bonchev–Trinajstić information content (AvgIpc) is 2.48. The van der Waals surface area contributed by atoms with Gasteiger partial charge in [-0.3, -0.25) is 9.59 Å². The number of hydrogen-bond acceptors (Lipinski definition) is 3. The molecule has 0 heterocycles. The van der Waals surface area contributed by atoms with E-state index in [1.165, 1.54) is 0 Å². The van der Waals surface area contributed by atoms with Crippen LogP contribution >= 0.6 is 0 Å². The van der Waals surface area contributed by atoms with Crippen molar-refractivity contribution in [3.63, 3.8) is 0 Å². The summed E-state index contributed by atoms with van der Waals surface area (Å²) in [6.45, 7) is 4.90. The summed E-state index contributed by atoms with van der Waals surface area (Å²) in [4.78, 5) is 34.6. The van der Waals surface area contributed by atoms with Crippen LogP contribution < -0.4 is 10.6 Å². The smallest absolute Gasteiger partial charge is 0.416 e. The van der Waals surface area contributed by atoms with Gasteiger partial charge in [0.05, 0.1) is 5.56 Å². The van der Waals surface area contributed by atoms with Crippen molar-refractivity contribution in [2.75, 3.05) is 5.32 Å². The molecule has 0 spiro atoms. The Morgan fingerprint density at radius 1 is 1.00 bits per heavy atom. The normalized spacial score (nSPS) is 13.3. The molecule has 0 aliphatic heterocycles. The summed E-state index contributed by atoms with van der Waals surface area (Å²) in [5, 5.41) is 13.7. The molecule has 0 saturated heterocycles. The number of halogens is 3. The van der Waals surface area contributed by atoms with E-state index in [9.17, 15) is 27.6 Å². The van der Waals surface area contributed by atoms with Gasteiger partial charge in [-0.2, -0.15) is 13.2 Å². The largest absolute Gasteiger partial charge is 0.480 e. The van der Waals surface area contributed by atoms with Crippen molar-refractivity contribution >= 4 is 23.5 Å². The molecule has 1 aromatic carbocycles. The lowest BCUT2D eigenvalue weighted by atomic mass is 9.87. The Morgan fingerprint density at radius 2 is 1.50 bits per heavy atom. The number of hydrogen-bond donors (Lipinski definition) is 3. The molecule has 1 aromatic rings. The minimum Gasteiger partial charge on any atom is -0.480 e. The number of carboxylic acids is 1. The number of carbonyl (C=O) groups excluding carboxylic acids is 2. The monoisotopic (exact) mass is 372 g/mol. The highest BCUT2D eigenvalue weighted by molar-refractivity contribution is 6.03. The standard InChI is InChI=1S/C17H19F3N2O4/c1-16(2,3)14(15(25)26)22-13(24)9-8-12(23)21-11-6-4-10(5-7-11)17(18,19)20/h4-9,14H,1-3H3,(H,21,23)(H,22,24)(H,25,26)/b9-8+/t14-/m1/s1. The van der Waals surface area contributed by atoms with Crippen molar-refractivity contribution in [1.29, 1.82) is 0 Å². The Morgan fingerprint density at radius 3 is 1.92 bits per heavy atom. The van der Waals surface area contributed by atoms with Crippen LogP contribution in [0.25, 0.3) is 0 Å². The number of nitrogens with one attached hydrogen (secondary N) is 2. The van der Waals surface area contributed by atoms with E-state index in [0.717, 1.165) is 36.4 Å². The highest BCUT2D eigenvalue weighted by atomic mass is 19.4. The Labute approximate surface area is 148 Å². The Hall–Kier alpha value is -2.84. The number of rotatable bonds is 5. The molecule has 1 atom stereocenters. The van der Waals surface area contributed by atoms with E-state index >= 15 is 0 Å². The van der Waals surface area contributed by atoms with Gasteiger partial charge in [-0.25, -0.2) is 4.79 Å². The van der Waals surface area contributed by atoms with E-state index in [-0.39, 0.29) is 5.69 Å². The van der Waals surface area contributed by atoms with Gasteiger partial charge < -0.3 is 15.7 Å². The first-order chi connectivity index (χ1) is 11.8. The third-order valence-electron chi connectivity index (χ3n) is 3.27. The van der Waals surface area contributed by atoms with Gasteiger partial charge in [-0.05, 0) is 29.7 Å². The molecule has 0 unspecified atom stereocenters. The van der Waals surface area contributed by atoms with Crippen LogP contribution in [0.2, 0.25) is 0 Å². The molecule has 0 fully saturated rings. The maximum absolute atomic E-state index is 12.5. The number of aliphatic carboxylic acids is 1. The van der Waals surface area contributed by atoms with Gasteiger partial charge in [-0.1, -0.05) is 20.8 Å². The number of benzene rings is 1. The van der Waals surface area contributed by atoms with Crippen LogP contribution in [-0.2, 0) is 20.6 Å². The molecule has 0 aromatic heterocycles. The molecule has 0 saturated carbocycles. The van der Waals surface area contributed by atoms with E-state index in [1.54, 1.807) is 20.8 Å². The van der Waals surface area contributed by atoms with Gasteiger partial charge in [0.2, 0.25) is 11.8 Å². The molecule has 2 amide bonds. The summed E-state index contributed by atoms with van der Waals surface area (Å²) < 4.78 is 37.4. The van der Waals surface area contributed by atoms with Gasteiger partial charge in [-0.15, -0.1) is 0 Å². The van der Waals surface area contributed by atoms with Gasteiger partial charge in [0.25, 0.3) is 0 Å². The summed E-state index contributed by atoms with van der Waals surface area (Å²) in [5.41, 5.74) is -1.48. The van der Waals surface area contributed by atoms with Crippen molar-refractivity contribution in [3.8, 4) is 0 Å². The lowest BCUT2D eigenvalue weighted by Gasteiger charge is -2.27. The van der Waals surface area contributed by atoms with E-state index in [0.29, 0.717) is 0 Å². The third kappa shape index (κ3) is 6.58. The first kappa shape index (κ1) is 21.2. The molecular formula is C17H19F3N2O4. The van der Waals surface area contributed by atoms with Crippen LogP contribution in [0.15, 0.2) is 36.4 Å². The molecule has 142 valence electrons. The molecule has 9 heteroatoms. The van der Waals surface area contributed by atoms with Crippen LogP contribution in [0, 0.1) is 5.41 Å². The molecule has 1 rings (SSSR count). The summed E-state index contributed by atoms with van der Waals surface area (Å²) in [6.07, 6.45) is -2.77. The molecule has 3 N–H and O–H groups in total. The van der Waals surface area contributed by atoms with Gasteiger partial charge >= 0.3 is 12.1 Å². The minimum atomic E-state index is -4.48. The second-order valence-corrected chi connectivity index (χ2v) is 6.54. The van der Waals surface area contributed by atoms with E-state index in [2.05, 4.69) is 10.6 Å². The number of carboxylic acid groups (broad SMARTS) is 1. The fourth-order valence-corrected chi connectivity index (χ4v) is 1.92. The lowest BCUT2D eigenvalue weighted by molar-refractivity contribution is -0.144. The summed E-state index contributed by atoms with van der Waals surface area (Å²) in [7, 11) is 0. The van der Waals surface area contributed by atoms with Gasteiger partial charge in [0, 0.05) is 17.8 Å². The van der Waals surface area contributed by atoms with Crippen LogP contribution in [0.5, 0.6) is 0 Å². The quantitative estimate of drug-likeness (QED) is 0.693. The number of alkyl halides is 3. The first-order valence-electron chi connectivity index (χ1n) is 7.50. The van der Waals surface area contributed by atoms with Crippen LogP contribution in [0.4, 0.5) is 18.9 Å². The molecule has 26 heavy (non-hydrogen) atoms. The van der Waals surface area contributed by atoms with Crippen LogP contribution in [-0.4, -0.2) is 28.9 Å². The summed E-state index contributed by atoms with van der Waals surface area (Å²) >= 11 is 0. The van der Waals surface area contributed by atoms with E-state index in [1.807, 2.05) is 0 Å². The number of carbonyl (C=O) groups is 3. The van der Waals surface area contributed by atoms with Gasteiger partial charge in [0.15, 0.2) is 0 Å². The van der Waals surface area contributed by atoms with Crippen molar-refractivity contribution in [2.24, 2.45) is 5.41 Å². The third-order valence-corrected chi connectivity index (χ3v) is 3.27. The maximum Gasteiger partial charge on any atom is 0.416 e. The van der Waals surface area contributed by atoms with Gasteiger partial charge in [0.1, 0.15) is 6.04 Å². The topological polar surface area (TPSA) is 95.5 Å². The highest BCUT2D eigenvalue weighted by Gasteiger charge is 2.32. The molecule has 6 nitrogen and oxygen atoms in total. The molecule has 0 bridgehead atoms. The molecule has 0 aliphatic rings. The zero-order chi connectivity index (χ0) is 20.1. The number of amides is 2. The fraction of sp³-hybridized carbons (Fsp3) is 0.353. The Kier molecular flexibility index (Phi) is 6.55. The SMILES string of the molecule is CC(C)(C)[C@H](NC(=O)/C=C/C(=O)Nc1ccc(C(F)(F)F)cc1)C(=O)O. The Balaban J connectivity index is 2.67. The van der Waals surface area contributed by atoms with Crippen molar-refractivity contribution in [1.82, 2.24) is 5.32 Å². The zero-order valence-electron chi connectivity index (χ0n) is 14.3. The highest BCUT2D eigenvalue weighted by Crippen LogP contribution is 2.29. The summed E-state index contributed by atoms with van der Waals surface area (Å²) in [5.74, 6) is -2.74. The van der Waals surface area contributed by atoms with Crippen molar-refractivity contribution < 1.29 is 32.7 Å². The summed E-state index contributed by atoms with van der Waals surface area (Å²) in [6, 6.07) is 2.63. The van der Waals surface area contributed by atoms with Crippen LogP contribution in [0.1, 0.15) is 26.3 Å². The second-order valence-electron chi connectivity index (χ2n) is 6.54. The molecule has 0 radical (unpaired) electrons. The Bertz CT molecular complexity index is 704. The predicted molar refractivity (Wildman–Crippen MR) is 88.2 cm³/mol. The lowest BCUT2D eigenvalue weighted by Crippen LogP contribution is -2.48. The first-order valence-corrected chi connectivity index (χ1v) is 7.50. The fourth-order valence-electron chi connectivity index (χ4n) is 1.92. The maximum atomic E-state index is 12.5. The van der Waals surface area contributed by atoms with E-state index in [4.69, 9.17) is 5.11 Å². The second kappa shape index (κ2) is 8.03. The predicted octanol–water partition coefficient (Wildman–Crippen LogP) is 2.82. The minimum absolute atomic E-state index is 0.117. The average molecular weight is 372 g/mol. The zero-order valence-corrected chi connectivity index (χ0v) is 14.3.